The van der Waals surface area contributed by atoms with Crippen LogP contribution in [0.2, 0.25) is 0 Å². The number of fused-ring (bicyclic) bond motifs is 1. The van der Waals surface area contributed by atoms with Gasteiger partial charge in [0.05, 0.1) is 12.8 Å². The van der Waals surface area contributed by atoms with Crippen LogP contribution < -0.4 is 10.6 Å². The fraction of sp³-hybridized carbons (Fsp3) is 0.571. The summed E-state index contributed by atoms with van der Waals surface area (Å²) in [6.07, 6.45) is 5.65. The highest BCUT2D eigenvalue weighted by Crippen LogP contribution is 2.15. The van der Waals surface area contributed by atoms with Crippen LogP contribution in [0.25, 0.3) is 5.65 Å². The summed E-state index contributed by atoms with van der Waals surface area (Å²) < 4.78 is 7.05. The zero-order valence-corrected chi connectivity index (χ0v) is 13.0. The molecule has 0 amide bonds. The monoisotopic (exact) mass is 292 g/mol. The summed E-state index contributed by atoms with van der Waals surface area (Å²) in [5.74, 6) is 1.65. The lowest BCUT2D eigenvalue weighted by Gasteiger charge is -2.17. The second kappa shape index (κ2) is 7.80. The smallest absolute Gasteiger partial charge is 0.180 e. The van der Waals surface area contributed by atoms with Crippen molar-refractivity contribution in [3.63, 3.8) is 0 Å². The highest BCUT2D eigenvalue weighted by atomic mass is 16.5. The molecule has 0 saturated heterocycles. The van der Waals surface area contributed by atoms with Gasteiger partial charge < -0.3 is 24.7 Å². The Morgan fingerprint density at radius 3 is 2.95 bits per heavy atom. The Balaban J connectivity index is 1.98. The van der Waals surface area contributed by atoms with E-state index in [1.54, 1.807) is 13.3 Å². The Morgan fingerprint density at radius 2 is 2.19 bits per heavy atom. The molecule has 0 unspecified atom stereocenters. The highest BCUT2D eigenvalue weighted by molar-refractivity contribution is 5.65. The minimum atomic E-state index is 0.745. The SMILES string of the molecule is CCNc1cn2ccnc2c(NCCN(C)CCOC)n1. The van der Waals surface area contributed by atoms with Crippen LogP contribution in [0.5, 0.6) is 0 Å². The van der Waals surface area contributed by atoms with E-state index in [1.165, 1.54) is 0 Å². The molecule has 21 heavy (non-hydrogen) atoms. The molecule has 0 fully saturated rings. The first kappa shape index (κ1) is 15.5. The van der Waals surface area contributed by atoms with Gasteiger partial charge in [-0.05, 0) is 14.0 Å². The van der Waals surface area contributed by atoms with Gasteiger partial charge in [-0.1, -0.05) is 0 Å². The van der Waals surface area contributed by atoms with Crippen molar-refractivity contribution in [2.24, 2.45) is 0 Å². The number of likely N-dealkylation sites (N-methyl/N-ethyl adjacent to an activating group) is 1. The minimum Gasteiger partial charge on any atom is -0.383 e. The van der Waals surface area contributed by atoms with Crippen molar-refractivity contribution in [2.75, 3.05) is 57.6 Å². The molecule has 0 radical (unpaired) electrons. The van der Waals surface area contributed by atoms with Gasteiger partial charge in [-0.2, -0.15) is 0 Å². The number of nitrogens with one attached hydrogen (secondary N) is 2. The van der Waals surface area contributed by atoms with Crippen molar-refractivity contribution in [3.05, 3.63) is 18.6 Å². The first-order valence-electron chi connectivity index (χ1n) is 7.23. The summed E-state index contributed by atoms with van der Waals surface area (Å²) in [4.78, 5) is 11.1. The topological polar surface area (TPSA) is 66.7 Å². The van der Waals surface area contributed by atoms with E-state index in [9.17, 15) is 0 Å². The highest BCUT2D eigenvalue weighted by Gasteiger charge is 2.07. The van der Waals surface area contributed by atoms with E-state index in [0.717, 1.165) is 50.1 Å². The maximum Gasteiger partial charge on any atom is 0.180 e. The van der Waals surface area contributed by atoms with Crippen LogP contribution in [0.3, 0.4) is 0 Å². The van der Waals surface area contributed by atoms with Crippen LogP contribution in [0.4, 0.5) is 11.6 Å². The van der Waals surface area contributed by atoms with Gasteiger partial charge in [-0.25, -0.2) is 9.97 Å². The summed E-state index contributed by atoms with van der Waals surface area (Å²) in [5.41, 5.74) is 0.844. The summed E-state index contributed by atoms with van der Waals surface area (Å²) >= 11 is 0. The molecule has 0 saturated carbocycles. The lowest BCUT2D eigenvalue weighted by atomic mass is 10.5. The van der Waals surface area contributed by atoms with Crippen molar-refractivity contribution in [1.29, 1.82) is 0 Å². The zero-order valence-electron chi connectivity index (χ0n) is 13.0. The predicted octanol–water partition coefficient (Wildman–Crippen LogP) is 1.15. The van der Waals surface area contributed by atoms with Crippen molar-refractivity contribution < 1.29 is 4.74 Å². The second-order valence-corrected chi connectivity index (χ2v) is 4.89. The van der Waals surface area contributed by atoms with Gasteiger partial charge in [0.2, 0.25) is 0 Å². The molecule has 2 rings (SSSR count). The lowest BCUT2D eigenvalue weighted by Crippen LogP contribution is -2.28. The molecule has 116 valence electrons. The largest absolute Gasteiger partial charge is 0.383 e. The molecule has 0 atom stereocenters. The molecular formula is C14H24N6O. The van der Waals surface area contributed by atoms with Gasteiger partial charge in [0, 0.05) is 45.7 Å². The van der Waals surface area contributed by atoms with E-state index in [2.05, 4.69) is 39.5 Å². The normalized spacial score (nSPS) is 11.2. The Bertz CT molecular complexity index is 555. The van der Waals surface area contributed by atoms with Crippen molar-refractivity contribution >= 4 is 17.3 Å². The Morgan fingerprint density at radius 1 is 1.33 bits per heavy atom. The van der Waals surface area contributed by atoms with Gasteiger partial charge in [-0.3, -0.25) is 0 Å². The number of ether oxygens (including phenoxy) is 1. The van der Waals surface area contributed by atoms with E-state index >= 15 is 0 Å². The molecule has 0 aromatic carbocycles. The number of anilines is 2. The number of hydrogen-bond donors (Lipinski definition) is 2. The molecule has 0 bridgehead atoms. The molecule has 7 nitrogen and oxygen atoms in total. The molecule has 2 heterocycles. The average molecular weight is 292 g/mol. The lowest BCUT2D eigenvalue weighted by molar-refractivity contribution is 0.163. The van der Waals surface area contributed by atoms with Crippen LogP contribution in [0.15, 0.2) is 18.6 Å². The Kier molecular flexibility index (Phi) is 5.77. The molecule has 0 aliphatic rings. The van der Waals surface area contributed by atoms with Crippen LogP contribution in [0.1, 0.15) is 6.92 Å². The summed E-state index contributed by atoms with van der Waals surface area (Å²) in [6, 6.07) is 0. The van der Waals surface area contributed by atoms with E-state index < -0.39 is 0 Å². The molecule has 0 aliphatic heterocycles. The van der Waals surface area contributed by atoms with Crippen LogP contribution in [0, 0.1) is 0 Å². The molecule has 7 heteroatoms. The van der Waals surface area contributed by atoms with Gasteiger partial charge in [0.15, 0.2) is 11.5 Å². The van der Waals surface area contributed by atoms with Gasteiger partial charge in [0.1, 0.15) is 5.82 Å². The molecule has 2 aromatic rings. The summed E-state index contributed by atoms with van der Waals surface area (Å²) in [7, 11) is 3.80. The van der Waals surface area contributed by atoms with E-state index in [4.69, 9.17) is 4.74 Å². The van der Waals surface area contributed by atoms with Gasteiger partial charge >= 0.3 is 0 Å². The second-order valence-electron chi connectivity index (χ2n) is 4.89. The van der Waals surface area contributed by atoms with Crippen LogP contribution in [-0.2, 0) is 4.74 Å². The Labute approximate surface area is 125 Å². The van der Waals surface area contributed by atoms with E-state index in [1.807, 2.05) is 16.8 Å². The number of methoxy groups -OCH3 is 1. The van der Waals surface area contributed by atoms with Crippen molar-refractivity contribution in [1.82, 2.24) is 19.3 Å². The third-order valence-corrected chi connectivity index (χ3v) is 3.20. The first-order chi connectivity index (χ1) is 10.2. The maximum atomic E-state index is 5.07. The molecule has 0 spiro atoms. The number of hydrogen-bond acceptors (Lipinski definition) is 6. The van der Waals surface area contributed by atoms with Gasteiger partial charge in [0.25, 0.3) is 0 Å². The maximum absolute atomic E-state index is 5.07. The molecular weight excluding hydrogens is 268 g/mol. The van der Waals surface area contributed by atoms with Crippen molar-refractivity contribution in [2.45, 2.75) is 6.92 Å². The fourth-order valence-electron chi connectivity index (χ4n) is 2.04. The summed E-state index contributed by atoms with van der Waals surface area (Å²) in [6.45, 7) is 6.29. The quantitative estimate of drug-likeness (QED) is 0.723. The number of aromatic nitrogens is 3. The molecule has 2 N–H and O–H groups in total. The predicted molar refractivity (Wildman–Crippen MR) is 85.0 cm³/mol. The minimum absolute atomic E-state index is 0.745. The standard InChI is InChI=1S/C14H24N6O/c1-4-15-12-11-20-8-6-17-14(20)13(18-12)16-5-7-19(2)9-10-21-3/h6,8,11,15H,4-5,7,9-10H2,1-3H3,(H,16,18). The van der Waals surface area contributed by atoms with Crippen molar-refractivity contribution in [3.8, 4) is 0 Å². The van der Waals surface area contributed by atoms with E-state index in [0.29, 0.717) is 0 Å². The fourth-order valence-corrected chi connectivity index (χ4v) is 2.04. The average Bonchev–Trinajstić information content (AvgIpc) is 2.94. The number of imidazole rings is 1. The number of nitrogens with zero attached hydrogens (tertiary/aromatic N) is 4. The number of rotatable bonds is 9. The zero-order chi connectivity index (χ0) is 15.1. The van der Waals surface area contributed by atoms with E-state index in [-0.39, 0.29) is 0 Å². The third-order valence-electron chi connectivity index (χ3n) is 3.20. The Hall–Kier alpha value is -1.86. The summed E-state index contributed by atoms with van der Waals surface area (Å²) in [5, 5.41) is 6.59. The van der Waals surface area contributed by atoms with Gasteiger partial charge in [-0.15, -0.1) is 0 Å². The molecule has 0 aliphatic carbocycles. The molecule has 2 aromatic heterocycles. The van der Waals surface area contributed by atoms with Crippen LogP contribution >= 0.6 is 0 Å². The third kappa shape index (κ3) is 4.30. The van der Waals surface area contributed by atoms with Crippen LogP contribution in [-0.4, -0.2) is 66.2 Å². The first-order valence-corrected chi connectivity index (χ1v) is 7.23.